The van der Waals surface area contributed by atoms with Gasteiger partial charge in [-0.2, -0.15) is 0 Å². The second-order valence-corrected chi connectivity index (χ2v) is 8.71. The predicted octanol–water partition coefficient (Wildman–Crippen LogP) is 5.22. The van der Waals surface area contributed by atoms with Crippen LogP contribution in [-0.4, -0.2) is 61.3 Å². The number of halogens is 1. The number of methoxy groups -OCH3 is 1. The molecule has 0 aliphatic carbocycles. The van der Waals surface area contributed by atoms with Crippen LogP contribution in [0.25, 0.3) is 10.2 Å². The van der Waals surface area contributed by atoms with Crippen molar-refractivity contribution in [1.82, 2.24) is 9.88 Å². The molecule has 1 amide bonds. The second kappa shape index (κ2) is 12.2. The second-order valence-electron chi connectivity index (χ2n) is 6.86. The van der Waals surface area contributed by atoms with Gasteiger partial charge in [0.2, 0.25) is 0 Å². The van der Waals surface area contributed by atoms with E-state index < -0.39 is 5.97 Å². The van der Waals surface area contributed by atoms with Crippen molar-refractivity contribution in [1.29, 1.82) is 0 Å². The van der Waals surface area contributed by atoms with E-state index in [9.17, 15) is 9.59 Å². The third kappa shape index (κ3) is 5.81. The van der Waals surface area contributed by atoms with Crippen molar-refractivity contribution in [2.45, 2.75) is 18.7 Å². The average Bonchev–Trinajstić information content (AvgIpc) is 3.25. The molecule has 0 atom stereocenters. The first-order valence-corrected chi connectivity index (χ1v) is 12.2. The molecule has 0 aliphatic rings. The minimum Gasteiger partial charge on any atom is -0.465 e. The summed E-state index contributed by atoms with van der Waals surface area (Å²) in [5.41, 5.74) is 1.85. The number of carbonyl (C=O) groups excluding carboxylic acids is 2. The SMILES string of the molecule is CCN(CC)CCN(C(=O)c1ccc(C(=O)OC)cc1)c1nc2c(SC)cccc2s1.Cl. The molecule has 0 aliphatic heterocycles. The number of fused-ring (bicyclic) bond motifs is 1. The number of carbonyl (C=O) groups is 2. The number of thiazole rings is 1. The normalized spacial score (nSPS) is 10.8. The van der Waals surface area contributed by atoms with Gasteiger partial charge in [0.15, 0.2) is 5.13 Å². The molecule has 0 bridgehead atoms. The van der Waals surface area contributed by atoms with Crippen LogP contribution in [0.5, 0.6) is 0 Å². The number of aromatic nitrogens is 1. The molecule has 172 valence electrons. The van der Waals surface area contributed by atoms with Gasteiger partial charge in [-0.25, -0.2) is 9.78 Å². The molecular weight excluding hydrogens is 466 g/mol. The zero-order valence-corrected chi connectivity index (χ0v) is 21.1. The van der Waals surface area contributed by atoms with Crippen molar-refractivity contribution >= 4 is 62.7 Å². The summed E-state index contributed by atoms with van der Waals surface area (Å²) in [5.74, 6) is -0.554. The summed E-state index contributed by atoms with van der Waals surface area (Å²) in [6, 6.07) is 12.7. The first kappa shape index (κ1) is 26.1. The summed E-state index contributed by atoms with van der Waals surface area (Å²) in [6.07, 6.45) is 2.03. The van der Waals surface area contributed by atoms with Crippen molar-refractivity contribution < 1.29 is 14.3 Å². The van der Waals surface area contributed by atoms with Crippen LogP contribution >= 0.6 is 35.5 Å². The topological polar surface area (TPSA) is 62.7 Å². The standard InChI is InChI=1S/C23H27N3O3S2.ClH/c1-5-25(6-2)14-15-26(21(27)16-10-12-17(13-11-16)22(28)29-3)23-24-20-18(30-4)8-7-9-19(20)31-23;/h7-13H,5-6,14-15H2,1-4H3;1H. The molecule has 32 heavy (non-hydrogen) atoms. The molecule has 0 N–H and O–H groups in total. The van der Waals surface area contributed by atoms with E-state index >= 15 is 0 Å². The lowest BCUT2D eigenvalue weighted by Crippen LogP contribution is -2.38. The van der Waals surface area contributed by atoms with Crippen LogP contribution in [0, 0.1) is 0 Å². The van der Waals surface area contributed by atoms with E-state index in [1.807, 2.05) is 24.5 Å². The van der Waals surface area contributed by atoms with Crippen molar-refractivity contribution in [3.63, 3.8) is 0 Å². The highest BCUT2D eigenvalue weighted by molar-refractivity contribution is 7.98. The Kier molecular flexibility index (Phi) is 9.96. The van der Waals surface area contributed by atoms with Crippen LogP contribution in [0.15, 0.2) is 47.4 Å². The maximum atomic E-state index is 13.5. The summed E-state index contributed by atoms with van der Waals surface area (Å²) in [4.78, 5) is 35.1. The van der Waals surface area contributed by atoms with Crippen LogP contribution in [-0.2, 0) is 4.74 Å². The highest BCUT2D eigenvalue weighted by Crippen LogP contribution is 2.34. The number of esters is 1. The average molecular weight is 494 g/mol. The van der Waals surface area contributed by atoms with E-state index in [0.29, 0.717) is 22.8 Å². The van der Waals surface area contributed by atoms with Crippen molar-refractivity contribution in [2.24, 2.45) is 0 Å². The Morgan fingerprint density at radius 1 is 1.03 bits per heavy atom. The van der Waals surface area contributed by atoms with Gasteiger partial charge >= 0.3 is 5.97 Å². The Bertz CT molecular complexity index is 1050. The molecule has 0 spiro atoms. The highest BCUT2D eigenvalue weighted by atomic mass is 35.5. The zero-order valence-electron chi connectivity index (χ0n) is 18.7. The quantitative estimate of drug-likeness (QED) is 0.301. The van der Waals surface area contributed by atoms with Crippen molar-refractivity contribution in [3.8, 4) is 0 Å². The number of ether oxygens (including phenoxy) is 1. The Morgan fingerprint density at radius 2 is 1.69 bits per heavy atom. The fourth-order valence-corrected chi connectivity index (χ4v) is 4.92. The molecule has 0 fully saturated rings. The van der Waals surface area contributed by atoms with Crippen molar-refractivity contribution in [3.05, 3.63) is 53.6 Å². The number of amides is 1. The van der Waals surface area contributed by atoms with E-state index in [0.717, 1.165) is 34.7 Å². The molecule has 2 aromatic carbocycles. The van der Waals surface area contributed by atoms with Gasteiger partial charge in [-0.3, -0.25) is 9.69 Å². The third-order valence-corrected chi connectivity index (χ3v) is 6.97. The molecule has 9 heteroatoms. The fraction of sp³-hybridized carbons (Fsp3) is 0.348. The largest absolute Gasteiger partial charge is 0.465 e. The maximum absolute atomic E-state index is 13.5. The lowest BCUT2D eigenvalue weighted by atomic mass is 10.1. The Hall–Kier alpha value is -2.13. The van der Waals surface area contributed by atoms with Gasteiger partial charge in [0.05, 0.1) is 22.9 Å². The van der Waals surface area contributed by atoms with Crippen molar-refractivity contribution in [2.75, 3.05) is 44.4 Å². The molecule has 6 nitrogen and oxygen atoms in total. The summed E-state index contributed by atoms with van der Waals surface area (Å²) >= 11 is 3.17. The Labute approximate surface area is 203 Å². The fourth-order valence-electron chi connectivity index (χ4n) is 3.28. The van der Waals surface area contributed by atoms with Crippen LogP contribution < -0.4 is 4.90 Å². The van der Waals surface area contributed by atoms with Crippen LogP contribution in [0.4, 0.5) is 5.13 Å². The monoisotopic (exact) mass is 493 g/mol. The van der Waals surface area contributed by atoms with E-state index in [-0.39, 0.29) is 18.3 Å². The number of hydrogen-bond acceptors (Lipinski definition) is 7. The molecule has 0 saturated heterocycles. The summed E-state index contributed by atoms with van der Waals surface area (Å²) < 4.78 is 5.81. The number of likely N-dealkylation sites (N-methyl/N-ethyl adjacent to an activating group) is 1. The van der Waals surface area contributed by atoms with Gasteiger partial charge in [-0.05, 0) is 55.7 Å². The molecule has 1 aromatic heterocycles. The molecular formula is C23H28ClN3O3S2. The van der Waals surface area contributed by atoms with Gasteiger partial charge in [0.25, 0.3) is 5.91 Å². The highest BCUT2D eigenvalue weighted by Gasteiger charge is 2.23. The molecule has 1 heterocycles. The van der Waals surface area contributed by atoms with E-state index in [4.69, 9.17) is 9.72 Å². The molecule has 0 radical (unpaired) electrons. The first-order chi connectivity index (χ1) is 15.0. The van der Waals surface area contributed by atoms with Crippen LogP contribution in [0.3, 0.4) is 0 Å². The minimum atomic E-state index is -0.423. The number of rotatable bonds is 9. The number of hydrogen-bond donors (Lipinski definition) is 0. The lowest BCUT2D eigenvalue weighted by Gasteiger charge is -2.24. The first-order valence-electron chi connectivity index (χ1n) is 10.2. The Balaban J connectivity index is 0.00000363. The number of nitrogens with zero attached hydrogens (tertiary/aromatic N) is 3. The van der Waals surface area contributed by atoms with Crippen LogP contribution in [0.1, 0.15) is 34.6 Å². The lowest BCUT2D eigenvalue weighted by molar-refractivity contribution is 0.0600. The molecule has 0 saturated carbocycles. The van der Waals surface area contributed by atoms with Gasteiger partial charge in [-0.1, -0.05) is 31.3 Å². The van der Waals surface area contributed by atoms with E-state index in [1.165, 1.54) is 18.4 Å². The number of anilines is 1. The number of thioether (sulfide) groups is 1. The smallest absolute Gasteiger partial charge is 0.337 e. The summed E-state index contributed by atoms with van der Waals surface area (Å²) in [6.45, 7) is 7.36. The minimum absolute atomic E-state index is 0. The molecule has 3 rings (SSSR count). The number of benzene rings is 2. The predicted molar refractivity (Wildman–Crippen MR) is 136 cm³/mol. The zero-order chi connectivity index (χ0) is 22.4. The van der Waals surface area contributed by atoms with Gasteiger partial charge in [-0.15, -0.1) is 24.2 Å². The summed E-state index contributed by atoms with van der Waals surface area (Å²) in [7, 11) is 1.34. The third-order valence-electron chi connectivity index (χ3n) is 5.15. The number of para-hydroxylation sites is 1. The van der Waals surface area contributed by atoms with Gasteiger partial charge in [0.1, 0.15) is 0 Å². The van der Waals surface area contributed by atoms with Gasteiger partial charge < -0.3 is 9.64 Å². The maximum Gasteiger partial charge on any atom is 0.337 e. The molecule has 0 unspecified atom stereocenters. The van der Waals surface area contributed by atoms with E-state index in [1.54, 1.807) is 40.9 Å². The molecule has 3 aromatic rings. The summed E-state index contributed by atoms with van der Waals surface area (Å²) in [5, 5.41) is 0.686. The van der Waals surface area contributed by atoms with E-state index in [2.05, 4.69) is 18.7 Å². The van der Waals surface area contributed by atoms with Crippen LogP contribution in [0.2, 0.25) is 0 Å². The van der Waals surface area contributed by atoms with Gasteiger partial charge in [0, 0.05) is 23.5 Å². The Morgan fingerprint density at radius 3 is 2.28 bits per heavy atom.